The van der Waals surface area contributed by atoms with E-state index in [1.807, 2.05) is 13.1 Å². The van der Waals surface area contributed by atoms with E-state index in [1.165, 1.54) is 11.1 Å². The van der Waals surface area contributed by atoms with Crippen LogP contribution in [0.4, 0.5) is 0 Å². The summed E-state index contributed by atoms with van der Waals surface area (Å²) in [5.74, 6) is 0. The van der Waals surface area contributed by atoms with Crippen LogP contribution >= 0.6 is 0 Å². The highest BCUT2D eigenvalue weighted by Crippen LogP contribution is 2.07. The summed E-state index contributed by atoms with van der Waals surface area (Å²) in [6.45, 7) is 3.11. The topological polar surface area (TPSA) is 12.0 Å². The second-order valence-corrected chi connectivity index (χ2v) is 3.46. The van der Waals surface area contributed by atoms with Gasteiger partial charge in [-0.05, 0) is 32.5 Å². The standard InChI is InChI=1S/C14H19N/c1-3-13(11-12-15-2)9-10-14-7-5-4-6-8-14/h3-10,15H,11-12H2,1-2H3/b10-9+,13-3-. The Morgan fingerprint density at radius 2 is 2.00 bits per heavy atom. The molecule has 0 heterocycles. The van der Waals surface area contributed by atoms with Gasteiger partial charge in [0.25, 0.3) is 0 Å². The highest BCUT2D eigenvalue weighted by atomic mass is 14.8. The molecule has 1 rings (SSSR count). The van der Waals surface area contributed by atoms with Crippen molar-refractivity contribution in [2.45, 2.75) is 13.3 Å². The van der Waals surface area contributed by atoms with Gasteiger partial charge in [-0.15, -0.1) is 0 Å². The SMILES string of the molecule is C/C=C(/C=C/c1ccccc1)CCNC. The Labute approximate surface area is 92.5 Å². The van der Waals surface area contributed by atoms with Crippen LogP contribution in [0.1, 0.15) is 18.9 Å². The quantitative estimate of drug-likeness (QED) is 0.721. The zero-order valence-electron chi connectivity index (χ0n) is 9.53. The van der Waals surface area contributed by atoms with E-state index in [9.17, 15) is 0 Å². The molecule has 0 aliphatic rings. The van der Waals surface area contributed by atoms with Gasteiger partial charge >= 0.3 is 0 Å². The first-order valence-electron chi connectivity index (χ1n) is 5.39. The van der Waals surface area contributed by atoms with Crippen LogP contribution in [0, 0.1) is 0 Å². The number of nitrogens with one attached hydrogen (secondary N) is 1. The lowest BCUT2D eigenvalue weighted by Crippen LogP contribution is -2.07. The van der Waals surface area contributed by atoms with Crippen LogP contribution in [0.15, 0.2) is 48.1 Å². The van der Waals surface area contributed by atoms with Crippen molar-refractivity contribution in [3.8, 4) is 0 Å². The molecule has 1 aromatic carbocycles. The maximum atomic E-state index is 3.16. The summed E-state index contributed by atoms with van der Waals surface area (Å²) in [5, 5.41) is 3.16. The first kappa shape index (κ1) is 11.7. The van der Waals surface area contributed by atoms with Crippen molar-refractivity contribution in [2.24, 2.45) is 0 Å². The average molecular weight is 201 g/mol. The average Bonchev–Trinajstić information content (AvgIpc) is 2.31. The van der Waals surface area contributed by atoms with Gasteiger partial charge in [0, 0.05) is 0 Å². The smallest absolute Gasteiger partial charge is 0.00115 e. The molecule has 15 heavy (non-hydrogen) atoms. The van der Waals surface area contributed by atoms with E-state index >= 15 is 0 Å². The molecule has 1 aromatic rings. The van der Waals surface area contributed by atoms with E-state index in [2.05, 4.69) is 54.7 Å². The highest BCUT2D eigenvalue weighted by molar-refractivity contribution is 5.52. The summed E-state index contributed by atoms with van der Waals surface area (Å²) in [6, 6.07) is 10.4. The van der Waals surface area contributed by atoms with Gasteiger partial charge in [-0.2, -0.15) is 0 Å². The van der Waals surface area contributed by atoms with Gasteiger partial charge in [0.2, 0.25) is 0 Å². The maximum absolute atomic E-state index is 3.16. The van der Waals surface area contributed by atoms with Gasteiger partial charge in [0.05, 0.1) is 0 Å². The van der Waals surface area contributed by atoms with Crippen LogP contribution in [0.25, 0.3) is 6.08 Å². The summed E-state index contributed by atoms with van der Waals surface area (Å²) >= 11 is 0. The third-order valence-electron chi connectivity index (χ3n) is 2.32. The fourth-order valence-electron chi connectivity index (χ4n) is 1.36. The predicted octanol–water partition coefficient (Wildman–Crippen LogP) is 3.26. The monoisotopic (exact) mass is 201 g/mol. The summed E-state index contributed by atoms with van der Waals surface area (Å²) in [4.78, 5) is 0. The Hall–Kier alpha value is -1.34. The first-order chi connectivity index (χ1) is 7.36. The van der Waals surface area contributed by atoms with Crippen LogP contribution in [-0.4, -0.2) is 13.6 Å². The molecule has 0 fully saturated rings. The summed E-state index contributed by atoms with van der Waals surface area (Å²) in [6.07, 6.45) is 7.59. The summed E-state index contributed by atoms with van der Waals surface area (Å²) < 4.78 is 0. The van der Waals surface area contributed by atoms with Crippen LogP contribution in [0.5, 0.6) is 0 Å². The number of benzene rings is 1. The van der Waals surface area contributed by atoms with Gasteiger partial charge in [-0.3, -0.25) is 0 Å². The lowest BCUT2D eigenvalue weighted by atomic mass is 10.1. The molecule has 0 spiro atoms. The molecular weight excluding hydrogens is 182 g/mol. The van der Waals surface area contributed by atoms with E-state index in [1.54, 1.807) is 0 Å². The van der Waals surface area contributed by atoms with E-state index in [4.69, 9.17) is 0 Å². The zero-order valence-corrected chi connectivity index (χ0v) is 9.53. The minimum atomic E-state index is 1.03. The predicted molar refractivity (Wildman–Crippen MR) is 67.8 cm³/mol. The van der Waals surface area contributed by atoms with Gasteiger partial charge in [-0.1, -0.05) is 54.1 Å². The Morgan fingerprint density at radius 3 is 2.60 bits per heavy atom. The van der Waals surface area contributed by atoms with Crippen molar-refractivity contribution >= 4 is 6.08 Å². The number of hydrogen-bond acceptors (Lipinski definition) is 1. The Morgan fingerprint density at radius 1 is 1.27 bits per heavy atom. The summed E-state index contributed by atoms with van der Waals surface area (Å²) in [5.41, 5.74) is 2.62. The molecule has 1 nitrogen and oxygen atoms in total. The molecule has 1 heteroatoms. The highest BCUT2D eigenvalue weighted by Gasteiger charge is 1.90. The Kier molecular flexibility index (Phi) is 5.49. The van der Waals surface area contributed by atoms with Crippen LogP contribution < -0.4 is 5.32 Å². The van der Waals surface area contributed by atoms with Crippen LogP contribution in [0.3, 0.4) is 0 Å². The summed E-state index contributed by atoms with van der Waals surface area (Å²) in [7, 11) is 1.98. The molecule has 0 aromatic heterocycles. The van der Waals surface area contributed by atoms with E-state index in [-0.39, 0.29) is 0 Å². The molecule has 0 radical (unpaired) electrons. The third-order valence-corrected chi connectivity index (χ3v) is 2.32. The first-order valence-corrected chi connectivity index (χ1v) is 5.39. The van der Waals surface area contributed by atoms with Crippen molar-refractivity contribution in [1.29, 1.82) is 0 Å². The van der Waals surface area contributed by atoms with Crippen molar-refractivity contribution in [3.05, 3.63) is 53.6 Å². The van der Waals surface area contributed by atoms with Crippen LogP contribution in [0.2, 0.25) is 0 Å². The van der Waals surface area contributed by atoms with Crippen LogP contribution in [-0.2, 0) is 0 Å². The molecule has 0 aliphatic carbocycles. The molecule has 0 saturated heterocycles. The lowest BCUT2D eigenvalue weighted by molar-refractivity contribution is 0.793. The fourth-order valence-corrected chi connectivity index (χ4v) is 1.36. The minimum absolute atomic E-state index is 1.03. The van der Waals surface area contributed by atoms with Gasteiger partial charge in [-0.25, -0.2) is 0 Å². The minimum Gasteiger partial charge on any atom is -0.319 e. The number of hydrogen-bond donors (Lipinski definition) is 1. The fraction of sp³-hybridized carbons (Fsp3) is 0.286. The molecule has 0 atom stereocenters. The molecule has 0 unspecified atom stereocenters. The van der Waals surface area contributed by atoms with Crippen molar-refractivity contribution in [3.63, 3.8) is 0 Å². The Bertz CT molecular complexity index is 322. The normalized spacial score (nSPS) is 12.3. The largest absolute Gasteiger partial charge is 0.319 e. The van der Waals surface area contributed by atoms with Crippen molar-refractivity contribution < 1.29 is 0 Å². The van der Waals surface area contributed by atoms with Gasteiger partial charge < -0.3 is 5.32 Å². The van der Waals surface area contributed by atoms with Gasteiger partial charge in [0.1, 0.15) is 0 Å². The maximum Gasteiger partial charge on any atom is -0.00115 e. The number of rotatable bonds is 5. The van der Waals surface area contributed by atoms with Gasteiger partial charge in [0.15, 0.2) is 0 Å². The second kappa shape index (κ2) is 7.02. The van der Waals surface area contributed by atoms with E-state index < -0.39 is 0 Å². The molecule has 0 amide bonds. The Balaban J connectivity index is 2.56. The van der Waals surface area contributed by atoms with Crippen molar-refractivity contribution in [1.82, 2.24) is 5.32 Å². The zero-order chi connectivity index (χ0) is 10.9. The molecule has 0 bridgehead atoms. The third kappa shape index (κ3) is 4.61. The van der Waals surface area contributed by atoms with E-state index in [0.29, 0.717) is 0 Å². The van der Waals surface area contributed by atoms with Crippen molar-refractivity contribution in [2.75, 3.05) is 13.6 Å². The molecular formula is C14H19N. The van der Waals surface area contributed by atoms with E-state index in [0.717, 1.165) is 13.0 Å². The number of allylic oxidation sites excluding steroid dienone is 2. The molecule has 1 N–H and O–H groups in total. The molecule has 0 saturated carbocycles. The second-order valence-electron chi connectivity index (χ2n) is 3.46. The lowest BCUT2D eigenvalue weighted by Gasteiger charge is -2.00. The molecule has 0 aliphatic heterocycles. The molecule has 80 valence electrons.